The highest BCUT2D eigenvalue weighted by Gasteiger charge is 2.05. The normalized spacial score (nSPS) is 11.3. The van der Waals surface area contributed by atoms with Crippen LogP contribution in [0.2, 0.25) is 0 Å². The van der Waals surface area contributed by atoms with Crippen molar-refractivity contribution >= 4 is 28.5 Å². The molecule has 8 heteroatoms. The van der Waals surface area contributed by atoms with Crippen molar-refractivity contribution in [2.24, 2.45) is 27.2 Å². The molecule has 0 radical (unpaired) electrons. The summed E-state index contributed by atoms with van der Waals surface area (Å²) < 4.78 is 5.31. The van der Waals surface area contributed by atoms with Crippen molar-refractivity contribution in [3.05, 3.63) is 30.5 Å². The van der Waals surface area contributed by atoms with Gasteiger partial charge in [-0.1, -0.05) is 6.07 Å². The monoisotopic (exact) mass is 315 g/mol. The minimum absolute atomic E-state index is 0.0819. The van der Waals surface area contributed by atoms with Gasteiger partial charge in [0.05, 0.1) is 18.3 Å². The molecule has 2 aromatic rings. The van der Waals surface area contributed by atoms with Gasteiger partial charge < -0.3 is 27.3 Å². The second-order valence-corrected chi connectivity index (χ2v) is 4.81. The lowest BCUT2D eigenvalue weighted by Gasteiger charge is -2.11. The number of rotatable bonds is 6. The summed E-state index contributed by atoms with van der Waals surface area (Å²) in [6.07, 6.45) is 2.53. The van der Waals surface area contributed by atoms with Crippen molar-refractivity contribution in [2.45, 2.75) is 6.42 Å². The zero-order chi connectivity index (χ0) is 16.7. The largest absolute Gasteiger partial charge is 0.497 e. The van der Waals surface area contributed by atoms with E-state index in [2.05, 4.69) is 20.3 Å². The molecular formula is C15H21N7O. The Morgan fingerprint density at radius 3 is 2.87 bits per heavy atom. The maximum absolute atomic E-state index is 5.54. The fourth-order valence-corrected chi connectivity index (χ4v) is 2.08. The molecule has 0 unspecified atom stereocenters. The first-order chi connectivity index (χ1) is 11.1. The quantitative estimate of drug-likeness (QED) is 0.350. The molecule has 0 amide bonds. The number of aliphatic imine (C=N–C) groups is 2. The number of pyridine rings is 1. The summed E-state index contributed by atoms with van der Waals surface area (Å²) in [5, 5.41) is 4.36. The number of hydrogen-bond acceptors (Lipinski definition) is 4. The first-order valence-corrected chi connectivity index (χ1v) is 7.16. The Labute approximate surface area is 134 Å². The van der Waals surface area contributed by atoms with Gasteiger partial charge >= 0.3 is 0 Å². The van der Waals surface area contributed by atoms with Crippen LogP contribution in [0.1, 0.15) is 6.42 Å². The van der Waals surface area contributed by atoms with Crippen LogP contribution in [0, 0.1) is 0 Å². The Bertz CT molecular complexity index is 723. The number of methoxy groups -OCH3 is 1. The number of aromatic nitrogens is 1. The van der Waals surface area contributed by atoms with Crippen LogP contribution in [0.5, 0.6) is 5.75 Å². The Kier molecular flexibility index (Phi) is 5.56. The predicted octanol–water partition coefficient (Wildman–Crippen LogP) is 0.634. The van der Waals surface area contributed by atoms with Crippen molar-refractivity contribution in [3.63, 3.8) is 0 Å². The number of nitrogens with zero attached hydrogens (tertiary/aromatic N) is 3. The summed E-state index contributed by atoms with van der Waals surface area (Å²) in [5.74, 6) is 0.764. The van der Waals surface area contributed by atoms with Gasteiger partial charge in [-0.3, -0.25) is 9.98 Å². The molecule has 0 aliphatic rings. The minimum Gasteiger partial charge on any atom is -0.497 e. The van der Waals surface area contributed by atoms with Crippen molar-refractivity contribution in [1.82, 2.24) is 4.98 Å². The Morgan fingerprint density at radius 2 is 2.13 bits per heavy atom. The number of nitrogens with two attached hydrogens (primary N) is 3. The lowest BCUT2D eigenvalue weighted by Crippen LogP contribution is -2.26. The number of hydrogen-bond donors (Lipinski definition) is 4. The standard InChI is InChI=1S/C15H21N7O/c1-23-11-8-10-4-2-5-20-13(10)12(9-11)19-6-3-7-21-15(18)22-14(16)17/h2,4-5,8-9,19H,3,6-7H2,1H3,(H6,16,17,18,21,22). The van der Waals surface area contributed by atoms with Crippen LogP contribution in [0.25, 0.3) is 10.9 Å². The van der Waals surface area contributed by atoms with Gasteiger partial charge in [-0.05, 0) is 18.6 Å². The van der Waals surface area contributed by atoms with Crippen LogP contribution in [0.4, 0.5) is 5.69 Å². The molecule has 2 rings (SSSR count). The average molecular weight is 315 g/mol. The fraction of sp³-hybridized carbons (Fsp3) is 0.267. The van der Waals surface area contributed by atoms with E-state index in [1.54, 1.807) is 13.3 Å². The van der Waals surface area contributed by atoms with Gasteiger partial charge in [0.25, 0.3) is 0 Å². The van der Waals surface area contributed by atoms with Crippen LogP contribution in [-0.4, -0.2) is 37.1 Å². The van der Waals surface area contributed by atoms with Gasteiger partial charge in [0, 0.05) is 30.7 Å². The van der Waals surface area contributed by atoms with E-state index in [0.717, 1.165) is 28.8 Å². The van der Waals surface area contributed by atoms with Crippen LogP contribution < -0.4 is 27.3 Å². The second-order valence-electron chi connectivity index (χ2n) is 4.81. The van der Waals surface area contributed by atoms with Crippen molar-refractivity contribution in [2.75, 3.05) is 25.5 Å². The lowest BCUT2D eigenvalue weighted by molar-refractivity contribution is 0.415. The van der Waals surface area contributed by atoms with Gasteiger partial charge in [0.2, 0.25) is 5.96 Å². The van der Waals surface area contributed by atoms with E-state index < -0.39 is 0 Å². The van der Waals surface area contributed by atoms with Crippen molar-refractivity contribution in [3.8, 4) is 5.75 Å². The first kappa shape index (κ1) is 16.3. The third-order valence-electron chi connectivity index (χ3n) is 3.08. The van der Waals surface area contributed by atoms with Gasteiger partial charge in [-0.2, -0.15) is 4.99 Å². The molecule has 0 fully saturated rings. The summed E-state index contributed by atoms with van der Waals surface area (Å²) in [7, 11) is 1.64. The van der Waals surface area contributed by atoms with Crippen LogP contribution in [0.3, 0.4) is 0 Å². The molecule has 0 saturated carbocycles. The van der Waals surface area contributed by atoms with E-state index in [9.17, 15) is 0 Å². The molecule has 0 saturated heterocycles. The van der Waals surface area contributed by atoms with Crippen LogP contribution >= 0.6 is 0 Å². The molecule has 1 heterocycles. The zero-order valence-electron chi connectivity index (χ0n) is 13.0. The minimum atomic E-state index is -0.0988. The van der Waals surface area contributed by atoms with E-state index in [1.165, 1.54) is 0 Å². The first-order valence-electron chi connectivity index (χ1n) is 7.16. The molecule has 23 heavy (non-hydrogen) atoms. The summed E-state index contributed by atoms with van der Waals surface area (Å²) in [6.45, 7) is 1.22. The fourth-order valence-electron chi connectivity index (χ4n) is 2.08. The molecule has 0 aliphatic carbocycles. The molecular weight excluding hydrogens is 294 g/mol. The maximum atomic E-state index is 5.54. The van der Waals surface area contributed by atoms with Gasteiger partial charge in [-0.15, -0.1) is 0 Å². The molecule has 0 atom stereocenters. The highest BCUT2D eigenvalue weighted by molar-refractivity contribution is 5.92. The third kappa shape index (κ3) is 4.73. The smallest absolute Gasteiger partial charge is 0.218 e. The molecule has 1 aromatic carbocycles. The third-order valence-corrected chi connectivity index (χ3v) is 3.08. The van der Waals surface area contributed by atoms with Gasteiger partial charge in [-0.25, -0.2) is 0 Å². The van der Waals surface area contributed by atoms with E-state index >= 15 is 0 Å². The number of fused-ring (bicyclic) bond motifs is 1. The summed E-state index contributed by atoms with van der Waals surface area (Å²) in [4.78, 5) is 12.1. The van der Waals surface area contributed by atoms with E-state index in [-0.39, 0.29) is 11.9 Å². The summed E-state index contributed by atoms with van der Waals surface area (Å²) in [6, 6.07) is 7.77. The van der Waals surface area contributed by atoms with Gasteiger partial charge in [0.1, 0.15) is 5.75 Å². The Morgan fingerprint density at radius 1 is 1.30 bits per heavy atom. The van der Waals surface area contributed by atoms with Crippen LogP contribution in [-0.2, 0) is 0 Å². The second kappa shape index (κ2) is 7.83. The summed E-state index contributed by atoms with van der Waals surface area (Å²) >= 11 is 0. The number of guanidine groups is 2. The van der Waals surface area contributed by atoms with E-state index in [1.807, 2.05) is 24.3 Å². The van der Waals surface area contributed by atoms with Gasteiger partial charge in [0.15, 0.2) is 5.96 Å². The van der Waals surface area contributed by atoms with Crippen molar-refractivity contribution in [1.29, 1.82) is 0 Å². The van der Waals surface area contributed by atoms with E-state index in [4.69, 9.17) is 21.9 Å². The Balaban J connectivity index is 1.98. The molecule has 122 valence electrons. The van der Waals surface area contributed by atoms with E-state index in [0.29, 0.717) is 13.1 Å². The van der Waals surface area contributed by atoms with Crippen molar-refractivity contribution < 1.29 is 4.74 Å². The number of benzene rings is 1. The molecule has 8 nitrogen and oxygen atoms in total. The molecule has 1 aromatic heterocycles. The average Bonchev–Trinajstić information content (AvgIpc) is 2.53. The number of anilines is 1. The number of ether oxygens (including phenoxy) is 1. The topological polar surface area (TPSA) is 137 Å². The maximum Gasteiger partial charge on any atom is 0.218 e. The molecule has 7 N–H and O–H groups in total. The highest BCUT2D eigenvalue weighted by atomic mass is 16.5. The molecule has 0 spiro atoms. The van der Waals surface area contributed by atoms with Crippen LogP contribution in [0.15, 0.2) is 40.4 Å². The lowest BCUT2D eigenvalue weighted by atomic mass is 10.1. The Hall–Kier alpha value is -3.03. The molecule has 0 aliphatic heterocycles. The number of nitrogens with one attached hydrogen (secondary N) is 1. The summed E-state index contributed by atoms with van der Waals surface area (Å²) in [5.41, 5.74) is 17.8. The zero-order valence-corrected chi connectivity index (χ0v) is 13.0. The molecule has 0 bridgehead atoms. The predicted molar refractivity (Wildman–Crippen MR) is 93.7 cm³/mol. The SMILES string of the molecule is COc1cc(NCCCN=C(N)N=C(N)N)c2ncccc2c1. The highest BCUT2D eigenvalue weighted by Crippen LogP contribution is 2.27.